The molecule has 1 fully saturated rings. The number of benzene rings is 2. The van der Waals surface area contributed by atoms with E-state index in [0.29, 0.717) is 5.92 Å². The second kappa shape index (κ2) is 4.10. The van der Waals surface area contributed by atoms with Crippen LogP contribution in [0.15, 0.2) is 42.5 Å². The summed E-state index contributed by atoms with van der Waals surface area (Å²) in [6, 6.07) is 14.7. The van der Waals surface area contributed by atoms with Gasteiger partial charge in [-0.05, 0) is 23.6 Å². The van der Waals surface area contributed by atoms with Gasteiger partial charge in [0.2, 0.25) is 0 Å². The zero-order valence-electron chi connectivity index (χ0n) is 11.5. The standard InChI is InChI=1S/C17H17N3/c1-20-16(18)15(19-17(20)12-9-10-12)14-8-4-6-11-5-2-3-7-13(11)14/h2-8,12H,9-10,18H2,1H3. The van der Waals surface area contributed by atoms with E-state index in [1.165, 1.54) is 23.6 Å². The average Bonchev–Trinajstić information content (AvgIpc) is 3.27. The van der Waals surface area contributed by atoms with E-state index in [9.17, 15) is 0 Å². The summed E-state index contributed by atoms with van der Waals surface area (Å²) in [6.07, 6.45) is 2.47. The number of aromatic nitrogens is 2. The Kier molecular flexibility index (Phi) is 2.36. The van der Waals surface area contributed by atoms with Gasteiger partial charge in [0.25, 0.3) is 0 Å². The lowest BCUT2D eigenvalue weighted by atomic mass is 10.0. The van der Waals surface area contributed by atoms with Crippen molar-refractivity contribution < 1.29 is 0 Å². The van der Waals surface area contributed by atoms with E-state index in [1.807, 2.05) is 7.05 Å². The van der Waals surface area contributed by atoms with Crippen LogP contribution in [0, 0.1) is 0 Å². The maximum absolute atomic E-state index is 6.29. The average molecular weight is 263 g/mol. The third kappa shape index (κ3) is 1.63. The number of nitrogens with zero attached hydrogens (tertiary/aromatic N) is 2. The number of hydrogen-bond donors (Lipinski definition) is 1. The first-order valence-electron chi connectivity index (χ1n) is 7.06. The van der Waals surface area contributed by atoms with E-state index in [-0.39, 0.29) is 0 Å². The van der Waals surface area contributed by atoms with Crippen LogP contribution >= 0.6 is 0 Å². The molecular weight excluding hydrogens is 246 g/mol. The molecule has 3 aromatic rings. The fourth-order valence-corrected chi connectivity index (χ4v) is 2.87. The van der Waals surface area contributed by atoms with Gasteiger partial charge in [-0.2, -0.15) is 0 Å². The minimum atomic E-state index is 0.603. The molecule has 3 nitrogen and oxygen atoms in total. The van der Waals surface area contributed by atoms with Gasteiger partial charge in [0.15, 0.2) is 0 Å². The summed E-state index contributed by atoms with van der Waals surface area (Å²) in [5.41, 5.74) is 8.34. The predicted octanol–water partition coefficient (Wildman–Crippen LogP) is 3.70. The first kappa shape index (κ1) is 11.5. The van der Waals surface area contributed by atoms with Crippen LogP contribution in [0.25, 0.3) is 22.0 Å². The summed E-state index contributed by atoms with van der Waals surface area (Å²) < 4.78 is 2.05. The number of nitrogen functional groups attached to an aromatic ring is 1. The molecule has 2 N–H and O–H groups in total. The molecule has 0 spiro atoms. The third-order valence-corrected chi connectivity index (χ3v) is 4.16. The van der Waals surface area contributed by atoms with E-state index >= 15 is 0 Å². The van der Waals surface area contributed by atoms with Gasteiger partial charge in [-0.25, -0.2) is 4.98 Å². The highest BCUT2D eigenvalue weighted by atomic mass is 15.1. The summed E-state index contributed by atoms with van der Waals surface area (Å²) in [6.45, 7) is 0. The van der Waals surface area contributed by atoms with E-state index < -0.39 is 0 Å². The lowest BCUT2D eigenvalue weighted by molar-refractivity contribution is 0.807. The molecule has 1 aliphatic rings. The molecule has 1 heterocycles. The zero-order chi connectivity index (χ0) is 13.7. The van der Waals surface area contributed by atoms with Crippen LogP contribution in [0.1, 0.15) is 24.6 Å². The SMILES string of the molecule is Cn1c(C2CC2)nc(-c2cccc3ccccc23)c1N. The molecule has 1 aromatic heterocycles. The van der Waals surface area contributed by atoms with Gasteiger partial charge in [0, 0.05) is 18.5 Å². The maximum atomic E-state index is 6.29. The van der Waals surface area contributed by atoms with Gasteiger partial charge in [-0.1, -0.05) is 42.5 Å². The van der Waals surface area contributed by atoms with Crippen molar-refractivity contribution in [1.82, 2.24) is 9.55 Å². The number of fused-ring (bicyclic) bond motifs is 1. The van der Waals surface area contributed by atoms with E-state index in [4.69, 9.17) is 10.7 Å². The van der Waals surface area contributed by atoms with Crippen molar-refractivity contribution in [2.75, 3.05) is 5.73 Å². The normalized spacial score (nSPS) is 14.8. The molecule has 20 heavy (non-hydrogen) atoms. The number of anilines is 1. The molecular formula is C17H17N3. The second-order valence-electron chi connectivity index (χ2n) is 5.56. The Bertz CT molecular complexity index is 792. The van der Waals surface area contributed by atoms with Crippen molar-refractivity contribution in [1.29, 1.82) is 0 Å². The fourth-order valence-electron chi connectivity index (χ4n) is 2.87. The molecule has 1 aliphatic carbocycles. The number of rotatable bonds is 2. The van der Waals surface area contributed by atoms with E-state index in [1.54, 1.807) is 0 Å². The first-order valence-corrected chi connectivity index (χ1v) is 7.06. The van der Waals surface area contributed by atoms with Gasteiger partial charge >= 0.3 is 0 Å². The van der Waals surface area contributed by atoms with Crippen molar-refractivity contribution in [3.8, 4) is 11.3 Å². The fraction of sp³-hybridized carbons (Fsp3) is 0.235. The van der Waals surface area contributed by atoms with Crippen molar-refractivity contribution in [2.45, 2.75) is 18.8 Å². The van der Waals surface area contributed by atoms with Crippen molar-refractivity contribution in [3.05, 3.63) is 48.3 Å². The highest BCUT2D eigenvalue weighted by Crippen LogP contribution is 2.42. The molecule has 0 saturated heterocycles. The molecule has 0 amide bonds. The molecule has 3 heteroatoms. The molecule has 0 radical (unpaired) electrons. The number of nitrogens with two attached hydrogens (primary N) is 1. The molecule has 4 rings (SSSR count). The van der Waals surface area contributed by atoms with Crippen LogP contribution < -0.4 is 5.73 Å². The molecule has 1 saturated carbocycles. The molecule has 0 unspecified atom stereocenters. The summed E-state index contributed by atoms with van der Waals surface area (Å²) >= 11 is 0. The molecule has 0 aliphatic heterocycles. The quantitative estimate of drug-likeness (QED) is 0.766. The lowest BCUT2D eigenvalue weighted by Gasteiger charge is -2.05. The summed E-state index contributed by atoms with van der Waals surface area (Å²) in [4.78, 5) is 4.83. The Labute approximate surface area is 118 Å². The van der Waals surface area contributed by atoms with Gasteiger partial charge in [-0.15, -0.1) is 0 Å². The predicted molar refractivity (Wildman–Crippen MR) is 82.5 cm³/mol. The minimum absolute atomic E-state index is 0.603. The lowest BCUT2D eigenvalue weighted by Crippen LogP contribution is -2.00. The number of hydrogen-bond acceptors (Lipinski definition) is 2. The largest absolute Gasteiger partial charge is 0.383 e. The monoisotopic (exact) mass is 263 g/mol. The number of imidazole rings is 1. The van der Waals surface area contributed by atoms with Crippen LogP contribution in [0.4, 0.5) is 5.82 Å². The highest BCUT2D eigenvalue weighted by Gasteiger charge is 2.30. The highest BCUT2D eigenvalue weighted by molar-refractivity contribution is 5.97. The maximum Gasteiger partial charge on any atom is 0.131 e. The van der Waals surface area contributed by atoms with Crippen LogP contribution in [0.2, 0.25) is 0 Å². The van der Waals surface area contributed by atoms with Gasteiger partial charge in [0.1, 0.15) is 17.3 Å². The molecule has 100 valence electrons. The Balaban J connectivity index is 1.97. The van der Waals surface area contributed by atoms with Crippen molar-refractivity contribution in [2.24, 2.45) is 7.05 Å². The Hall–Kier alpha value is -2.29. The second-order valence-corrected chi connectivity index (χ2v) is 5.56. The van der Waals surface area contributed by atoms with Crippen LogP contribution in [0.3, 0.4) is 0 Å². The van der Waals surface area contributed by atoms with Crippen LogP contribution in [-0.4, -0.2) is 9.55 Å². The van der Waals surface area contributed by atoms with Gasteiger partial charge < -0.3 is 10.3 Å². The topological polar surface area (TPSA) is 43.8 Å². The molecule has 2 aromatic carbocycles. The van der Waals surface area contributed by atoms with E-state index in [0.717, 1.165) is 22.9 Å². The molecule has 0 bridgehead atoms. The van der Waals surface area contributed by atoms with Gasteiger partial charge in [0.05, 0.1) is 0 Å². The van der Waals surface area contributed by atoms with Gasteiger partial charge in [-0.3, -0.25) is 0 Å². The van der Waals surface area contributed by atoms with E-state index in [2.05, 4.69) is 47.0 Å². The Morgan fingerprint density at radius 3 is 2.65 bits per heavy atom. The van der Waals surface area contributed by atoms with Crippen LogP contribution in [-0.2, 0) is 7.05 Å². The van der Waals surface area contributed by atoms with Crippen LogP contribution in [0.5, 0.6) is 0 Å². The smallest absolute Gasteiger partial charge is 0.131 e. The summed E-state index contributed by atoms with van der Waals surface area (Å²) in [5, 5.41) is 2.44. The first-order chi connectivity index (χ1) is 9.75. The van der Waals surface area contributed by atoms with Crippen molar-refractivity contribution in [3.63, 3.8) is 0 Å². The minimum Gasteiger partial charge on any atom is -0.383 e. The summed E-state index contributed by atoms with van der Waals surface area (Å²) in [5.74, 6) is 2.50. The Morgan fingerprint density at radius 2 is 1.85 bits per heavy atom. The van der Waals surface area contributed by atoms with Crippen molar-refractivity contribution >= 4 is 16.6 Å². The Morgan fingerprint density at radius 1 is 1.10 bits per heavy atom. The molecule has 0 atom stereocenters. The zero-order valence-corrected chi connectivity index (χ0v) is 11.5. The summed E-state index contributed by atoms with van der Waals surface area (Å²) in [7, 11) is 2.02. The third-order valence-electron chi connectivity index (χ3n) is 4.16.